The molecule has 140 valence electrons. The standard InChI is InChI=1S/C22H22N6/c1-15-12-20(27-21(26-15)17-4-2-8-23-13-17)28-10-6-16(7-11-28)19-14-25-22-18(19)5-3-9-24-22/h2-5,8-9,12-14,16H,6-7,10-11H2,1H3,(H,24,25). The molecule has 1 aliphatic rings. The Balaban J connectivity index is 1.36. The molecule has 5 rings (SSSR count). The fourth-order valence-corrected chi connectivity index (χ4v) is 4.07. The van der Waals surface area contributed by atoms with Gasteiger partial charge in [-0.25, -0.2) is 15.0 Å². The van der Waals surface area contributed by atoms with Gasteiger partial charge in [0.05, 0.1) is 0 Å². The first-order chi connectivity index (χ1) is 13.8. The van der Waals surface area contributed by atoms with E-state index >= 15 is 0 Å². The number of H-pyrrole nitrogens is 1. The molecule has 1 fully saturated rings. The van der Waals surface area contributed by atoms with E-state index in [-0.39, 0.29) is 0 Å². The average molecular weight is 370 g/mol. The second-order valence-corrected chi connectivity index (χ2v) is 7.34. The third kappa shape index (κ3) is 3.11. The van der Waals surface area contributed by atoms with Gasteiger partial charge in [0.1, 0.15) is 11.5 Å². The Bertz CT molecular complexity index is 1100. The van der Waals surface area contributed by atoms with E-state index in [4.69, 9.17) is 4.98 Å². The van der Waals surface area contributed by atoms with Crippen LogP contribution >= 0.6 is 0 Å². The topological polar surface area (TPSA) is 70.6 Å². The van der Waals surface area contributed by atoms with Crippen LogP contribution in [0.3, 0.4) is 0 Å². The molecule has 1 saturated heterocycles. The van der Waals surface area contributed by atoms with E-state index in [2.05, 4.69) is 43.2 Å². The van der Waals surface area contributed by atoms with Gasteiger partial charge in [-0.3, -0.25) is 4.98 Å². The first-order valence-electron chi connectivity index (χ1n) is 9.71. The van der Waals surface area contributed by atoms with Crippen LogP contribution in [0.5, 0.6) is 0 Å². The number of pyridine rings is 2. The van der Waals surface area contributed by atoms with Crippen LogP contribution in [0.25, 0.3) is 22.4 Å². The molecular weight excluding hydrogens is 348 g/mol. The van der Waals surface area contributed by atoms with E-state index in [9.17, 15) is 0 Å². The number of rotatable bonds is 3. The lowest BCUT2D eigenvalue weighted by molar-refractivity contribution is 0.505. The number of piperidine rings is 1. The number of aryl methyl sites for hydroxylation is 1. The molecule has 0 radical (unpaired) electrons. The summed E-state index contributed by atoms with van der Waals surface area (Å²) in [6.07, 6.45) is 9.76. The highest BCUT2D eigenvalue weighted by Gasteiger charge is 2.24. The zero-order valence-corrected chi connectivity index (χ0v) is 15.8. The lowest BCUT2D eigenvalue weighted by Gasteiger charge is -2.33. The van der Waals surface area contributed by atoms with Crippen LogP contribution in [0.1, 0.15) is 30.0 Å². The highest BCUT2D eigenvalue weighted by Crippen LogP contribution is 2.34. The molecule has 0 unspecified atom stereocenters. The van der Waals surface area contributed by atoms with Gasteiger partial charge in [0.15, 0.2) is 5.82 Å². The van der Waals surface area contributed by atoms with Gasteiger partial charge in [-0.1, -0.05) is 0 Å². The monoisotopic (exact) mass is 370 g/mol. The molecule has 0 aliphatic carbocycles. The molecule has 0 spiro atoms. The van der Waals surface area contributed by atoms with E-state index < -0.39 is 0 Å². The summed E-state index contributed by atoms with van der Waals surface area (Å²) in [6, 6.07) is 10.2. The Kier molecular flexibility index (Phi) is 4.24. The molecule has 1 N–H and O–H groups in total. The molecule has 1 aliphatic heterocycles. The SMILES string of the molecule is Cc1cc(N2CCC(c3c[nH]c4ncccc34)CC2)nc(-c2cccnc2)n1. The van der Waals surface area contributed by atoms with Gasteiger partial charge in [0.2, 0.25) is 0 Å². The van der Waals surface area contributed by atoms with Crippen molar-refractivity contribution in [1.82, 2.24) is 24.9 Å². The summed E-state index contributed by atoms with van der Waals surface area (Å²) >= 11 is 0. The molecule has 0 bridgehead atoms. The van der Waals surface area contributed by atoms with Crippen LogP contribution < -0.4 is 4.90 Å². The maximum Gasteiger partial charge on any atom is 0.163 e. The number of nitrogens with one attached hydrogen (secondary N) is 1. The normalized spacial score (nSPS) is 15.2. The Morgan fingerprint density at radius 1 is 1.07 bits per heavy atom. The summed E-state index contributed by atoms with van der Waals surface area (Å²) in [5, 5.41) is 1.25. The highest BCUT2D eigenvalue weighted by molar-refractivity contribution is 5.80. The van der Waals surface area contributed by atoms with Gasteiger partial charge in [-0.2, -0.15) is 0 Å². The van der Waals surface area contributed by atoms with Crippen molar-refractivity contribution in [1.29, 1.82) is 0 Å². The van der Waals surface area contributed by atoms with E-state index in [1.54, 1.807) is 6.20 Å². The fourth-order valence-electron chi connectivity index (χ4n) is 4.07. The van der Waals surface area contributed by atoms with Crippen molar-refractivity contribution in [2.24, 2.45) is 0 Å². The Morgan fingerprint density at radius 2 is 1.93 bits per heavy atom. The molecule has 28 heavy (non-hydrogen) atoms. The number of nitrogens with zero attached hydrogens (tertiary/aromatic N) is 5. The maximum atomic E-state index is 4.82. The maximum absolute atomic E-state index is 4.82. The van der Waals surface area contributed by atoms with Crippen molar-refractivity contribution >= 4 is 16.9 Å². The summed E-state index contributed by atoms with van der Waals surface area (Å²) in [4.78, 5) is 23.7. The number of aromatic nitrogens is 5. The lowest BCUT2D eigenvalue weighted by Crippen LogP contribution is -2.33. The summed E-state index contributed by atoms with van der Waals surface area (Å²) in [5.41, 5.74) is 4.30. The molecule has 6 heteroatoms. The first-order valence-corrected chi connectivity index (χ1v) is 9.71. The highest BCUT2D eigenvalue weighted by atomic mass is 15.2. The third-order valence-corrected chi connectivity index (χ3v) is 5.50. The number of hydrogen-bond donors (Lipinski definition) is 1. The van der Waals surface area contributed by atoms with Gasteiger partial charge in [0, 0.05) is 60.6 Å². The molecular formula is C22H22N6. The van der Waals surface area contributed by atoms with Gasteiger partial charge in [-0.05, 0) is 55.5 Å². The summed E-state index contributed by atoms with van der Waals surface area (Å²) in [6.45, 7) is 4.00. The zero-order chi connectivity index (χ0) is 18.9. The van der Waals surface area contributed by atoms with Crippen LogP contribution in [0.2, 0.25) is 0 Å². The van der Waals surface area contributed by atoms with Crippen LogP contribution in [0.4, 0.5) is 5.82 Å². The first kappa shape index (κ1) is 16.9. The van der Waals surface area contributed by atoms with Crippen LogP contribution in [-0.4, -0.2) is 38.0 Å². The zero-order valence-electron chi connectivity index (χ0n) is 15.8. The summed E-state index contributed by atoms with van der Waals surface area (Å²) < 4.78 is 0. The number of fused-ring (bicyclic) bond motifs is 1. The van der Waals surface area contributed by atoms with Crippen LogP contribution in [0, 0.1) is 6.92 Å². The largest absolute Gasteiger partial charge is 0.356 e. The van der Waals surface area contributed by atoms with E-state index in [1.165, 1.54) is 10.9 Å². The van der Waals surface area contributed by atoms with Crippen LogP contribution in [0.15, 0.2) is 55.1 Å². The molecule has 5 heterocycles. The van der Waals surface area contributed by atoms with Crippen molar-refractivity contribution in [3.63, 3.8) is 0 Å². The van der Waals surface area contributed by atoms with E-state index in [1.807, 2.05) is 37.5 Å². The predicted octanol–water partition coefficient (Wildman–Crippen LogP) is 4.11. The minimum Gasteiger partial charge on any atom is -0.356 e. The number of hydrogen-bond acceptors (Lipinski definition) is 5. The van der Waals surface area contributed by atoms with E-state index in [0.717, 1.165) is 54.5 Å². The molecule has 4 aromatic heterocycles. The van der Waals surface area contributed by atoms with Crippen molar-refractivity contribution < 1.29 is 0 Å². The van der Waals surface area contributed by atoms with Crippen molar-refractivity contribution in [2.45, 2.75) is 25.7 Å². The minimum absolute atomic E-state index is 0.551. The Labute approximate surface area is 163 Å². The van der Waals surface area contributed by atoms with Crippen molar-refractivity contribution in [3.05, 3.63) is 66.4 Å². The predicted molar refractivity (Wildman–Crippen MR) is 110 cm³/mol. The molecule has 0 atom stereocenters. The van der Waals surface area contributed by atoms with Gasteiger partial charge < -0.3 is 9.88 Å². The Hall–Kier alpha value is -3.28. The van der Waals surface area contributed by atoms with E-state index in [0.29, 0.717) is 5.92 Å². The molecule has 0 saturated carbocycles. The second kappa shape index (κ2) is 7.03. The fraction of sp³-hybridized carbons (Fsp3) is 0.273. The molecule has 4 aromatic rings. The minimum atomic E-state index is 0.551. The van der Waals surface area contributed by atoms with Crippen LogP contribution in [-0.2, 0) is 0 Å². The van der Waals surface area contributed by atoms with Crippen molar-refractivity contribution in [2.75, 3.05) is 18.0 Å². The van der Waals surface area contributed by atoms with Crippen molar-refractivity contribution in [3.8, 4) is 11.4 Å². The molecule has 0 aromatic carbocycles. The smallest absolute Gasteiger partial charge is 0.163 e. The number of anilines is 1. The lowest BCUT2D eigenvalue weighted by atomic mass is 9.89. The Morgan fingerprint density at radius 3 is 2.75 bits per heavy atom. The van der Waals surface area contributed by atoms with Gasteiger partial charge in [-0.15, -0.1) is 0 Å². The number of aromatic amines is 1. The van der Waals surface area contributed by atoms with Gasteiger partial charge >= 0.3 is 0 Å². The summed E-state index contributed by atoms with van der Waals surface area (Å²) in [7, 11) is 0. The molecule has 0 amide bonds. The molecule has 6 nitrogen and oxygen atoms in total. The average Bonchev–Trinajstić information content (AvgIpc) is 3.18. The third-order valence-electron chi connectivity index (χ3n) is 5.50. The quantitative estimate of drug-likeness (QED) is 0.588. The van der Waals surface area contributed by atoms with Gasteiger partial charge in [0.25, 0.3) is 0 Å². The second-order valence-electron chi connectivity index (χ2n) is 7.34. The summed E-state index contributed by atoms with van der Waals surface area (Å²) in [5.74, 6) is 2.30.